The Bertz CT molecular complexity index is 391. The van der Waals surface area contributed by atoms with Crippen molar-refractivity contribution >= 4 is 11.6 Å². The maximum absolute atomic E-state index is 11.2. The number of anilines is 1. The van der Waals surface area contributed by atoms with Crippen LogP contribution in [0.25, 0.3) is 0 Å². The Balaban J connectivity index is 1.94. The van der Waals surface area contributed by atoms with Gasteiger partial charge in [0.2, 0.25) is 5.91 Å². The van der Waals surface area contributed by atoms with Crippen LogP contribution >= 0.6 is 0 Å². The number of aliphatic hydroxyl groups is 1. The summed E-state index contributed by atoms with van der Waals surface area (Å²) < 4.78 is 0. The van der Waals surface area contributed by atoms with E-state index in [4.69, 9.17) is 5.73 Å². The Labute approximate surface area is 100 Å². The van der Waals surface area contributed by atoms with Crippen LogP contribution in [0.2, 0.25) is 0 Å². The lowest BCUT2D eigenvalue weighted by Crippen LogP contribution is -2.48. The van der Waals surface area contributed by atoms with Gasteiger partial charge in [0.05, 0.1) is 12.6 Å². The zero-order valence-corrected chi connectivity index (χ0v) is 9.60. The summed E-state index contributed by atoms with van der Waals surface area (Å²) in [7, 11) is 0. The van der Waals surface area contributed by atoms with E-state index in [1.807, 2.05) is 17.0 Å². The van der Waals surface area contributed by atoms with Gasteiger partial charge in [0.25, 0.3) is 0 Å². The average Bonchev–Trinajstić information content (AvgIpc) is 2.29. The van der Waals surface area contributed by atoms with E-state index < -0.39 is 6.10 Å². The number of aliphatic hydroxyl groups excluding tert-OH is 1. The molecule has 5 heteroatoms. The lowest BCUT2D eigenvalue weighted by molar-refractivity contribution is -0.124. The first-order chi connectivity index (χ1) is 8.15. The number of nitrogen functional groups attached to an aromatic ring is 1. The number of carbonyl (C=O) groups excluding carboxylic acids is 1. The van der Waals surface area contributed by atoms with Gasteiger partial charge in [0, 0.05) is 25.3 Å². The fraction of sp³-hybridized carbons (Fsp3) is 0.417. The van der Waals surface area contributed by atoms with E-state index in [9.17, 15) is 9.90 Å². The molecule has 2 rings (SSSR count). The molecular weight excluding hydrogens is 218 g/mol. The van der Waals surface area contributed by atoms with E-state index >= 15 is 0 Å². The minimum Gasteiger partial charge on any atom is -0.399 e. The van der Waals surface area contributed by atoms with Gasteiger partial charge in [0.15, 0.2) is 0 Å². The van der Waals surface area contributed by atoms with Crippen LogP contribution in [0.15, 0.2) is 24.3 Å². The lowest BCUT2D eigenvalue weighted by atomic mass is 10.1. The number of benzene rings is 1. The molecule has 1 saturated heterocycles. The smallest absolute Gasteiger partial charge is 0.234 e. The van der Waals surface area contributed by atoms with Gasteiger partial charge in [-0.05, 0) is 17.7 Å². The Hall–Kier alpha value is -1.59. The molecule has 0 saturated carbocycles. The Kier molecular flexibility index (Phi) is 3.61. The second-order valence-electron chi connectivity index (χ2n) is 4.27. The summed E-state index contributed by atoms with van der Waals surface area (Å²) >= 11 is 0. The van der Waals surface area contributed by atoms with Crippen molar-refractivity contribution in [2.24, 2.45) is 0 Å². The summed E-state index contributed by atoms with van der Waals surface area (Å²) in [5, 5.41) is 12.8. The molecule has 1 unspecified atom stereocenters. The zero-order chi connectivity index (χ0) is 12.3. The minimum absolute atomic E-state index is 0.0146. The summed E-state index contributed by atoms with van der Waals surface area (Å²) in [6.45, 7) is 2.24. The molecule has 4 N–H and O–H groups in total. The number of nitrogens with zero attached hydrogens (tertiary/aromatic N) is 1. The van der Waals surface area contributed by atoms with E-state index in [0.717, 1.165) is 12.1 Å². The second kappa shape index (κ2) is 5.16. The quantitative estimate of drug-likeness (QED) is 0.630. The van der Waals surface area contributed by atoms with E-state index in [2.05, 4.69) is 5.32 Å². The molecule has 5 nitrogen and oxygen atoms in total. The third kappa shape index (κ3) is 3.18. The monoisotopic (exact) mass is 235 g/mol. The van der Waals surface area contributed by atoms with Crippen LogP contribution in [0, 0.1) is 0 Å². The van der Waals surface area contributed by atoms with Crippen molar-refractivity contribution in [2.45, 2.75) is 6.10 Å². The van der Waals surface area contributed by atoms with E-state index in [1.165, 1.54) is 0 Å². The maximum Gasteiger partial charge on any atom is 0.234 e. The molecule has 17 heavy (non-hydrogen) atoms. The molecule has 0 bridgehead atoms. The summed E-state index contributed by atoms with van der Waals surface area (Å²) in [6, 6.07) is 7.15. The maximum atomic E-state index is 11.2. The Morgan fingerprint density at radius 2 is 2.12 bits per heavy atom. The number of β-amino-alcohol motifs (C(OH)–C–C–N with tert-alkyl or cyclic N) is 1. The predicted octanol–water partition coefficient (Wildman–Crippen LogP) is -0.266. The summed E-state index contributed by atoms with van der Waals surface area (Å²) in [6.07, 6.45) is -0.582. The van der Waals surface area contributed by atoms with Crippen molar-refractivity contribution < 1.29 is 9.90 Å². The Morgan fingerprint density at radius 3 is 2.76 bits per heavy atom. The molecule has 0 aliphatic carbocycles. The summed E-state index contributed by atoms with van der Waals surface area (Å²) in [4.78, 5) is 13.1. The lowest BCUT2D eigenvalue weighted by Gasteiger charge is -2.28. The van der Waals surface area contributed by atoms with Crippen LogP contribution in [0.3, 0.4) is 0 Å². The minimum atomic E-state index is -0.582. The first-order valence-corrected chi connectivity index (χ1v) is 5.68. The highest BCUT2D eigenvalue weighted by atomic mass is 16.3. The van der Waals surface area contributed by atoms with Gasteiger partial charge in [-0.3, -0.25) is 9.69 Å². The summed E-state index contributed by atoms with van der Waals surface area (Å²) in [5.74, 6) is 0.0146. The molecule has 1 aromatic carbocycles. The molecule has 1 aromatic rings. The van der Waals surface area contributed by atoms with E-state index in [-0.39, 0.29) is 5.91 Å². The van der Waals surface area contributed by atoms with Crippen LogP contribution in [-0.2, 0) is 4.79 Å². The fourth-order valence-electron chi connectivity index (χ4n) is 1.92. The number of nitrogens with one attached hydrogen (secondary N) is 1. The number of carbonyl (C=O) groups is 1. The molecule has 0 radical (unpaired) electrons. The highest BCUT2D eigenvalue weighted by molar-refractivity contribution is 5.78. The number of amides is 1. The van der Waals surface area contributed by atoms with Gasteiger partial charge in [-0.15, -0.1) is 0 Å². The second-order valence-corrected chi connectivity index (χ2v) is 4.27. The Morgan fingerprint density at radius 1 is 1.41 bits per heavy atom. The molecule has 1 atom stereocenters. The first kappa shape index (κ1) is 11.9. The molecule has 1 aliphatic rings. The molecule has 0 spiro atoms. The molecule has 92 valence electrons. The van der Waals surface area contributed by atoms with Gasteiger partial charge in [0.1, 0.15) is 0 Å². The molecule has 0 aromatic heterocycles. The highest BCUT2D eigenvalue weighted by Crippen LogP contribution is 2.16. The molecule has 1 amide bonds. The van der Waals surface area contributed by atoms with E-state index in [0.29, 0.717) is 25.3 Å². The van der Waals surface area contributed by atoms with Crippen molar-refractivity contribution in [1.29, 1.82) is 0 Å². The van der Waals surface area contributed by atoms with Gasteiger partial charge in [-0.1, -0.05) is 12.1 Å². The number of hydrogen-bond acceptors (Lipinski definition) is 4. The third-order valence-electron chi connectivity index (χ3n) is 2.87. The standard InChI is InChI=1S/C12H17N3O2/c13-10-3-1-9(2-4-10)11(16)7-15-6-5-14-12(17)8-15/h1-4,11,16H,5-8,13H2,(H,14,17). The van der Waals surface area contributed by atoms with Gasteiger partial charge in [-0.2, -0.15) is 0 Å². The van der Waals surface area contributed by atoms with Crippen molar-refractivity contribution in [1.82, 2.24) is 10.2 Å². The molecule has 1 heterocycles. The van der Waals surface area contributed by atoms with Gasteiger partial charge < -0.3 is 16.2 Å². The third-order valence-corrected chi connectivity index (χ3v) is 2.87. The van der Waals surface area contributed by atoms with Crippen LogP contribution in [0.4, 0.5) is 5.69 Å². The van der Waals surface area contributed by atoms with Gasteiger partial charge in [-0.25, -0.2) is 0 Å². The van der Waals surface area contributed by atoms with Crippen molar-refractivity contribution in [3.05, 3.63) is 29.8 Å². The van der Waals surface area contributed by atoms with Crippen LogP contribution in [0.1, 0.15) is 11.7 Å². The SMILES string of the molecule is Nc1ccc(C(O)CN2CCNC(=O)C2)cc1. The number of piperazine rings is 1. The first-order valence-electron chi connectivity index (χ1n) is 5.68. The number of nitrogens with two attached hydrogens (primary N) is 1. The van der Waals surface area contributed by atoms with Crippen LogP contribution in [-0.4, -0.2) is 42.1 Å². The summed E-state index contributed by atoms with van der Waals surface area (Å²) in [5.41, 5.74) is 7.09. The van der Waals surface area contributed by atoms with Crippen LogP contribution in [0.5, 0.6) is 0 Å². The van der Waals surface area contributed by atoms with Gasteiger partial charge >= 0.3 is 0 Å². The molecule has 1 fully saturated rings. The van der Waals surface area contributed by atoms with Crippen LogP contribution < -0.4 is 11.1 Å². The predicted molar refractivity (Wildman–Crippen MR) is 65.3 cm³/mol. The number of hydrogen-bond donors (Lipinski definition) is 3. The highest BCUT2D eigenvalue weighted by Gasteiger charge is 2.19. The van der Waals surface area contributed by atoms with E-state index in [1.54, 1.807) is 12.1 Å². The average molecular weight is 235 g/mol. The molecule has 1 aliphatic heterocycles. The molecular formula is C12H17N3O2. The largest absolute Gasteiger partial charge is 0.399 e. The fourth-order valence-corrected chi connectivity index (χ4v) is 1.92. The number of rotatable bonds is 3. The normalized spacial score (nSPS) is 18.8. The topological polar surface area (TPSA) is 78.6 Å². The van der Waals surface area contributed by atoms with Crippen molar-refractivity contribution in [3.8, 4) is 0 Å². The van der Waals surface area contributed by atoms with Crippen molar-refractivity contribution in [3.63, 3.8) is 0 Å². The van der Waals surface area contributed by atoms with Crippen molar-refractivity contribution in [2.75, 3.05) is 31.9 Å². The zero-order valence-electron chi connectivity index (χ0n) is 9.60.